The molecule has 1 fully saturated rings. The number of pyridine rings is 1. The van der Waals surface area contributed by atoms with Gasteiger partial charge in [-0.25, -0.2) is 9.78 Å². The summed E-state index contributed by atoms with van der Waals surface area (Å²) < 4.78 is 21.4. The molecule has 35 heavy (non-hydrogen) atoms. The predicted molar refractivity (Wildman–Crippen MR) is 136 cm³/mol. The minimum Gasteiger partial charge on any atom is -0.465 e. The number of rotatable bonds is 3. The first-order valence-electron chi connectivity index (χ1n) is 11.5. The molecule has 2 amide bonds. The quantitative estimate of drug-likeness (QED) is 0.412. The second kappa shape index (κ2) is 9.03. The van der Waals surface area contributed by atoms with Crippen molar-refractivity contribution in [2.75, 3.05) is 29.1 Å². The highest BCUT2D eigenvalue weighted by Crippen LogP contribution is 2.51. The van der Waals surface area contributed by atoms with Crippen LogP contribution in [0.5, 0.6) is 0 Å². The van der Waals surface area contributed by atoms with E-state index in [0.29, 0.717) is 54.4 Å². The molecule has 5 rings (SSSR count). The third kappa shape index (κ3) is 4.52. The number of likely N-dealkylation sites (tertiary alicyclic amines) is 1. The first-order valence-corrected chi connectivity index (χ1v) is 13.3. The number of aryl methyl sites for hydroxylation is 1. The van der Waals surface area contributed by atoms with Crippen molar-refractivity contribution in [2.24, 2.45) is 0 Å². The molecule has 3 heterocycles. The zero-order chi connectivity index (χ0) is 24.7. The number of hydrogen-bond acceptors (Lipinski definition) is 6. The topological polar surface area (TPSA) is 126 Å². The lowest BCUT2D eigenvalue weighted by atomic mass is 10.1. The summed E-state index contributed by atoms with van der Waals surface area (Å²) in [6.07, 6.45) is 0.0279. The fourth-order valence-corrected chi connectivity index (χ4v) is 6.40. The first kappa shape index (κ1) is 23.4. The Morgan fingerprint density at radius 3 is 2.71 bits per heavy atom. The summed E-state index contributed by atoms with van der Waals surface area (Å²) in [6.45, 7) is 3.12. The molecule has 0 aliphatic carbocycles. The summed E-state index contributed by atoms with van der Waals surface area (Å²) in [5.41, 5.74) is 3.08. The van der Waals surface area contributed by atoms with E-state index >= 15 is 0 Å². The highest BCUT2D eigenvalue weighted by molar-refractivity contribution is 8.24. The molecule has 1 atom stereocenters. The molecule has 1 saturated heterocycles. The third-order valence-electron chi connectivity index (χ3n) is 6.67. The highest BCUT2D eigenvalue weighted by atomic mass is 32.3. The van der Waals surface area contributed by atoms with Crippen molar-refractivity contribution < 1.29 is 23.8 Å². The van der Waals surface area contributed by atoms with Gasteiger partial charge in [0.1, 0.15) is 11.9 Å². The molecule has 4 N–H and O–H groups in total. The van der Waals surface area contributed by atoms with Crippen molar-refractivity contribution in [3.05, 3.63) is 59.7 Å². The molecular formula is C25H28N4O5S. The molecule has 0 saturated carbocycles. The average molecular weight is 497 g/mol. The number of amides is 2. The van der Waals surface area contributed by atoms with E-state index in [9.17, 15) is 23.8 Å². The maximum atomic E-state index is 13.1. The van der Waals surface area contributed by atoms with Crippen LogP contribution in [0.3, 0.4) is 0 Å². The van der Waals surface area contributed by atoms with Crippen LogP contribution >= 0.6 is 10.6 Å². The predicted octanol–water partition coefficient (Wildman–Crippen LogP) is 4.75. The van der Waals surface area contributed by atoms with Gasteiger partial charge in [0.15, 0.2) is 0 Å². The minimum atomic E-state index is -2.92. The molecule has 0 bridgehead atoms. The van der Waals surface area contributed by atoms with Crippen LogP contribution in [0.25, 0.3) is 10.9 Å². The summed E-state index contributed by atoms with van der Waals surface area (Å²) in [5, 5.41) is 13.2. The van der Waals surface area contributed by atoms with Crippen LogP contribution in [0.1, 0.15) is 24.0 Å². The minimum absolute atomic E-state index is 0.176. The van der Waals surface area contributed by atoms with E-state index in [1.165, 1.54) is 4.90 Å². The Balaban J connectivity index is 1.53. The maximum absolute atomic E-state index is 13.1. The number of fused-ring (bicyclic) bond motifs is 2. The summed E-state index contributed by atoms with van der Waals surface area (Å²) in [4.78, 5) is 33.2. The highest BCUT2D eigenvalue weighted by Gasteiger charge is 2.34. The number of benzene rings is 2. The molecule has 9 nitrogen and oxygen atoms in total. The Hall–Kier alpha value is -3.34. The van der Waals surface area contributed by atoms with Crippen LogP contribution in [0, 0.1) is 6.92 Å². The summed E-state index contributed by atoms with van der Waals surface area (Å²) >= 11 is 0. The largest absolute Gasteiger partial charge is 0.465 e. The molecule has 184 valence electrons. The van der Waals surface area contributed by atoms with E-state index in [0.717, 1.165) is 16.5 Å². The van der Waals surface area contributed by atoms with Gasteiger partial charge >= 0.3 is 6.09 Å². The Kier molecular flexibility index (Phi) is 6.04. The van der Waals surface area contributed by atoms with Gasteiger partial charge in [-0.3, -0.25) is 18.8 Å². The van der Waals surface area contributed by atoms with Crippen LogP contribution in [-0.2, 0) is 11.3 Å². The molecule has 3 aromatic rings. The van der Waals surface area contributed by atoms with Gasteiger partial charge in [-0.15, -0.1) is 0 Å². The van der Waals surface area contributed by atoms with Gasteiger partial charge in [0.05, 0.1) is 21.9 Å². The summed E-state index contributed by atoms with van der Waals surface area (Å²) in [5.74, 6) is 0.417. The van der Waals surface area contributed by atoms with Crippen molar-refractivity contribution in [3.63, 3.8) is 0 Å². The zero-order valence-corrected chi connectivity index (χ0v) is 20.2. The van der Waals surface area contributed by atoms with E-state index in [1.54, 1.807) is 18.2 Å². The maximum Gasteiger partial charge on any atom is 0.407 e. The number of aromatic nitrogens is 1. The molecule has 1 aromatic heterocycles. The molecule has 0 spiro atoms. The van der Waals surface area contributed by atoms with E-state index in [-0.39, 0.29) is 11.7 Å². The van der Waals surface area contributed by atoms with Crippen LogP contribution in [0.2, 0.25) is 0 Å². The molecule has 2 aromatic carbocycles. The number of nitrogens with zero attached hydrogens (tertiary/aromatic N) is 3. The Morgan fingerprint density at radius 2 is 1.91 bits per heavy atom. The van der Waals surface area contributed by atoms with Crippen molar-refractivity contribution >= 4 is 45.0 Å². The van der Waals surface area contributed by atoms with E-state index < -0.39 is 22.7 Å². The lowest BCUT2D eigenvalue weighted by Gasteiger charge is -2.32. The van der Waals surface area contributed by atoms with Crippen molar-refractivity contribution in [3.8, 4) is 0 Å². The number of nitrogens with one attached hydrogen (secondary N) is 1. The Morgan fingerprint density at radius 1 is 1.11 bits per heavy atom. The molecule has 2 aliphatic heterocycles. The number of hydrogen-bond donors (Lipinski definition) is 4. The zero-order valence-electron chi connectivity index (χ0n) is 19.3. The number of carbonyl (C=O) groups excluding carboxylic acids is 1. The normalized spacial score (nSPS) is 20.3. The van der Waals surface area contributed by atoms with Gasteiger partial charge in [0, 0.05) is 31.1 Å². The molecule has 10 heteroatoms. The van der Waals surface area contributed by atoms with Gasteiger partial charge in [-0.2, -0.15) is 10.6 Å². The fourth-order valence-electron chi connectivity index (χ4n) is 4.86. The Labute approximate surface area is 204 Å². The average Bonchev–Trinajstić information content (AvgIpc) is 3.28. The van der Waals surface area contributed by atoms with Crippen LogP contribution in [0.15, 0.2) is 53.4 Å². The fraction of sp³-hybridized carbons (Fsp3) is 0.320. The second-order valence-corrected chi connectivity index (χ2v) is 11.3. The number of carbonyl (C=O) groups is 2. The number of carboxylic acid groups (broad SMARTS) is 1. The van der Waals surface area contributed by atoms with Crippen LogP contribution in [-0.4, -0.2) is 61.0 Å². The lowest BCUT2D eigenvalue weighted by molar-refractivity contribution is -0.119. The van der Waals surface area contributed by atoms with E-state index in [4.69, 9.17) is 4.98 Å². The van der Waals surface area contributed by atoms with Gasteiger partial charge in [-0.05, 0) is 43.5 Å². The standard InChI is InChI=1S/C25H28N4O5S/c1-16-8-9-19-18(13-16)20(27-24(30)21-6-4-10-29(21)25(31)32)14-23(26-19)28-11-12-35(33,34)22-7-3-2-5-17(22)15-28/h2-3,5,7-9,13-14,21,33-34H,4,6,10-12,15H2,1H3,(H,31,32)(H,26,27,30). The van der Waals surface area contributed by atoms with Crippen molar-refractivity contribution in [1.82, 2.24) is 9.88 Å². The molecule has 2 aliphatic rings. The monoisotopic (exact) mass is 496 g/mol. The summed E-state index contributed by atoms with van der Waals surface area (Å²) in [7, 11) is -2.92. The van der Waals surface area contributed by atoms with Crippen molar-refractivity contribution in [1.29, 1.82) is 0 Å². The van der Waals surface area contributed by atoms with Crippen LogP contribution in [0.4, 0.5) is 16.3 Å². The SMILES string of the molecule is Cc1ccc2nc(N3CCS(O)(O)c4ccccc4C3)cc(NC(=O)C3CCCN3C(=O)O)c2c1. The molecule has 0 radical (unpaired) electrons. The van der Waals surface area contributed by atoms with Gasteiger partial charge < -0.3 is 15.3 Å². The van der Waals surface area contributed by atoms with E-state index in [1.807, 2.05) is 42.2 Å². The first-order chi connectivity index (χ1) is 16.7. The van der Waals surface area contributed by atoms with Crippen molar-refractivity contribution in [2.45, 2.75) is 37.2 Å². The van der Waals surface area contributed by atoms with Gasteiger partial charge in [0.25, 0.3) is 0 Å². The Bertz CT molecular complexity index is 1310. The smallest absolute Gasteiger partial charge is 0.407 e. The number of anilines is 2. The van der Waals surface area contributed by atoms with Gasteiger partial charge in [0.2, 0.25) is 5.91 Å². The molecule has 1 unspecified atom stereocenters. The molecular weight excluding hydrogens is 468 g/mol. The van der Waals surface area contributed by atoms with Crippen LogP contribution < -0.4 is 10.2 Å². The van der Waals surface area contributed by atoms with E-state index in [2.05, 4.69) is 5.32 Å². The summed E-state index contributed by atoms with van der Waals surface area (Å²) in [6, 6.07) is 14.2. The third-order valence-corrected chi connectivity index (χ3v) is 8.52. The van der Waals surface area contributed by atoms with Gasteiger partial charge in [-0.1, -0.05) is 29.8 Å². The lowest BCUT2D eigenvalue weighted by Crippen LogP contribution is -2.42. The second-order valence-electron chi connectivity index (χ2n) is 9.07.